The molecule has 6 heteroatoms. The second-order valence-electron chi connectivity index (χ2n) is 5.93. The molecule has 2 aliphatic heterocycles. The Bertz CT molecular complexity index is 486. The van der Waals surface area contributed by atoms with E-state index in [1.807, 2.05) is 6.07 Å². The molecular weight excluding hydrogens is 280 g/mol. The molecule has 2 bridgehead atoms. The summed E-state index contributed by atoms with van der Waals surface area (Å²) in [5, 5.41) is 14.2. The van der Waals surface area contributed by atoms with Crippen molar-refractivity contribution in [3.8, 4) is 5.75 Å². The predicted octanol–water partition coefficient (Wildman–Crippen LogP) is 1.71. The number of halogens is 2. The Hall–Kier alpha value is -1.24. The molecule has 0 saturated carbocycles. The summed E-state index contributed by atoms with van der Waals surface area (Å²) in [5.74, 6) is 0.128. The highest BCUT2D eigenvalue weighted by Crippen LogP contribution is 2.32. The summed E-state index contributed by atoms with van der Waals surface area (Å²) in [6.07, 6.45) is 1.63. The molecule has 2 heterocycles. The number of nitrogens with one attached hydrogen (secondary N) is 1. The van der Waals surface area contributed by atoms with Gasteiger partial charge in [0.2, 0.25) is 0 Å². The van der Waals surface area contributed by atoms with Crippen LogP contribution in [0.5, 0.6) is 5.75 Å². The second-order valence-corrected chi connectivity index (χ2v) is 5.93. The van der Waals surface area contributed by atoms with Gasteiger partial charge in [-0.1, -0.05) is 12.1 Å². The lowest BCUT2D eigenvalue weighted by Crippen LogP contribution is -2.60. The highest BCUT2D eigenvalue weighted by Gasteiger charge is 2.41. The molecule has 0 spiro atoms. The minimum Gasteiger partial charge on any atom is -0.435 e. The largest absolute Gasteiger partial charge is 0.435 e. The smallest absolute Gasteiger partial charge is 0.387 e. The van der Waals surface area contributed by atoms with Gasteiger partial charge in [-0.15, -0.1) is 0 Å². The molecule has 0 aliphatic carbocycles. The monoisotopic (exact) mass is 299 g/mol. The average molecular weight is 299 g/mol. The molecule has 4 nitrogen and oxygen atoms in total. The van der Waals surface area contributed by atoms with Crippen LogP contribution in [-0.2, 0) is 11.2 Å². The van der Waals surface area contributed by atoms with Crippen LogP contribution in [0.4, 0.5) is 8.78 Å². The molecule has 0 aromatic heterocycles. The molecule has 0 amide bonds. The fourth-order valence-corrected chi connectivity index (χ4v) is 3.37. The van der Waals surface area contributed by atoms with Gasteiger partial charge >= 0.3 is 6.61 Å². The van der Waals surface area contributed by atoms with Gasteiger partial charge in [0.15, 0.2) is 0 Å². The molecule has 21 heavy (non-hydrogen) atoms. The molecule has 1 aromatic carbocycles. The van der Waals surface area contributed by atoms with Gasteiger partial charge in [-0.05, 0) is 30.5 Å². The van der Waals surface area contributed by atoms with Crippen molar-refractivity contribution in [1.29, 1.82) is 0 Å². The van der Waals surface area contributed by atoms with E-state index in [-0.39, 0.29) is 17.8 Å². The van der Waals surface area contributed by atoms with Gasteiger partial charge in [-0.2, -0.15) is 8.78 Å². The van der Waals surface area contributed by atoms with Crippen LogP contribution in [-0.4, -0.2) is 42.6 Å². The Morgan fingerprint density at radius 3 is 2.71 bits per heavy atom. The van der Waals surface area contributed by atoms with Crippen molar-refractivity contribution in [2.45, 2.75) is 43.6 Å². The van der Waals surface area contributed by atoms with Crippen LogP contribution < -0.4 is 10.1 Å². The fraction of sp³-hybridized carbons (Fsp3) is 0.600. The van der Waals surface area contributed by atoms with Crippen LogP contribution in [0, 0.1) is 0 Å². The van der Waals surface area contributed by atoms with Gasteiger partial charge in [-0.25, -0.2) is 0 Å². The lowest BCUT2D eigenvalue weighted by atomic mass is 9.79. The van der Waals surface area contributed by atoms with Gasteiger partial charge in [0.05, 0.1) is 18.8 Å². The van der Waals surface area contributed by atoms with Crippen molar-refractivity contribution in [2.24, 2.45) is 0 Å². The van der Waals surface area contributed by atoms with Crippen molar-refractivity contribution in [3.05, 3.63) is 29.8 Å². The molecule has 2 unspecified atom stereocenters. The van der Waals surface area contributed by atoms with Crippen molar-refractivity contribution in [1.82, 2.24) is 5.32 Å². The molecule has 2 N–H and O–H groups in total. The standard InChI is InChI=1S/C15H19F2NO3/c16-14(17)21-13-3-1-2-10(4-13)5-15(19)6-11-8-20-9-12(7-15)18-11/h1-4,11-12,14,18-19H,5-9H2. The molecule has 2 aliphatic rings. The normalized spacial score (nSPS) is 32.2. The SMILES string of the molecule is OC1(Cc2cccc(OC(F)F)c2)CC2COCC(C1)N2. The van der Waals surface area contributed by atoms with E-state index in [9.17, 15) is 13.9 Å². The van der Waals surface area contributed by atoms with Gasteiger partial charge < -0.3 is 19.9 Å². The number of ether oxygens (including phenoxy) is 2. The van der Waals surface area contributed by atoms with Gasteiger partial charge in [0.1, 0.15) is 5.75 Å². The Labute approximate surface area is 122 Å². The van der Waals surface area contributed by atoms with E-state index >= 15 is 0 Å². The van der Waals surface area contributed by atoms with E-state index < -0.39 is 12.2 Å². The highest BCUT2D eigenvalue weighted by molar-refractivity contribution is 5.29. The number of hydrogen-bond acceptors (Lipinski definition) is 4. The number of hydrogen-bond donors (Lipinski definition) is 2. The topological polar surface area (TPSA) is 50.7 Å². The number of piperidine rings is 1. The number of aliphatic hydroxyl groups is 1. The molecule has 1 aromatic rings. The Balaban J connectivity index is 1.70. The summed E-state index contributed by atoms with van der Waals surface area (Å²) >= 11 is 0. The van der Waals surface area contributed by atoms with Crippen molar-refractivity contribution >= 4 is 0 Å². The molecule has 2 fully saturated rings. The van der Waals surface area contributed by atoms with E-state index in [1.165, 1.54) is 6.07 Å². The lowest BCUT2D eigenvalue weighted by Gasteiger charge is -2.45. The van der Waals surface area contributed by atoms with Gasteiger partial charge in [0, 0.05) is 18.5 Å². The van der Waals surface area contributed by atoms with Crippen LogP contribution in [0.15, 0.2) is 24.3 Å². The third-order valence-corrected chi connectivity index (χ3v) is 4.02. The van der Waals surface area contributed by atoms with Crippen LogP contribution in [0.1, 0.15) is 18.4 Å². The zero-order valence-corrected chi connectivity index (χ0v) is 11.6. The van der Waals surface area contributed by atoms with Crippen molar-refractivity contribution in [2.75, 3.05) is 13.2 Å². The first-order valence-electron chi connectivity index (χ1n) is 7.12. The number of fused-ring (bicyclic) bond motifs is 2. The lowest BCUT2D eigenvalue weighted by molar-refractivity contribution is -0.0756. The van der Waals surface area contributed by atoms with E-state index in [2.05, 4.69) is 10.1 Å². The summed E-state index contributed by atoms with van der Waals surface area (Å²) in [4.78, 5) is 0. The van der Waals surface area contributed by atoms with Gasteiger partial charge in [-0.3, -0.25) is 0 Å². The molecule has 2 saturated heterocycles. The quantitative estimate of drug-likeness (QED) is 0.889. The molecular formula is C15H19F2NO3. The molecule has 116 valence electrons. The third-order valence-electron chi connectivity index (χ3n) is 4.02. The summed E-state index contributed by atoms with van der Waals surface area (Å²) < 4.78 is 34.4. The van der Waals surface area contributed by atoms with Crippen LogP contribution in [0.25, 0.3) is 0 Å². The summed E-state index contributed by atoms with van der Waals surface area (Å²) in [6.45, 7) is -1.63. The minimum absolute atomic E-state index is 0.128. The maximum atomic E-state index is 12.2. The Kier molecular flexibility index (Phi) is 4.10. The van der Waals surface area contributed by atoms with Crippen molar-refractivity contribution in [3.63, 3.8) is 0 Å². The predicted molar refractivity (Wildman–Crippen MR) is 72.5 cm³/mol. The third kappa shape index (κ3) is 3.70. The maximum Gasteiger partial charge on any atom is 0.387 e. The zero-order valence-electron chi connectivity index (χ0n) is 11.6. The molecule has 2 atom stereocenters. The summed E-state index contributed by atoms with van der Waals surface area (Å²) in [7, 11) is 0. The number of rotatable bonds is 4. The Morgan fingerprint density at radius 1 is 1.33 bits per heavy atom. The second kappa shape index (κ2) is 5.87. The summed E-state index contributed by atoms with van der Waals surface area (Å²) in [5.41, 5.74) is -0.0232. The van der Waals surface area contributed by atoms with E-state index in [4.69, 9.17) is 4.74 Å². The molecule has 0 radical (unpaired) electrons. The minimum atomic E-state index is -2.83. The first kappa shape index (κ1) is 14.7. The first-order chi connectivity index (χ1) is 10.0. The van der Waals surface area contributed by atoms with E-state index in [1.54, 1.807) is 12.1 Å². The van der Waals surface area contributed by atoms with Crippen molar-refractivity contribution < 1.29 is 23.4 Å². The Morgan fingerprint density at radius 2 is 2.05 bits per heavy atom. The van der Waals surface area contributed by atoms with Crippen LogP contribution in [0.3, 0.4) is 0 Å². The summed E-state index contributed by atoms with van der Waals surface area (Å²) in [6, 6.07) is 6.86. The maximum absolute atomic E-state index is 12.2. The van der Waals surface area contributed by atoms with Crippen LogP contribution in [0.2, 0.25) is 0 Å². The average Bonchev–Trinajstić information content (AvgIpc) is 2.36. The highest BCUT2D eigenvalue weighted by atomic mass is 19.3. The first-order valence-corrected chi connectivity index (χ1v) is 7.12. The van der Waals surface area contributed by atoms with E-state index in [0.29, 0.717) is 32.5 Å². The zero-order chi connectivity index (χ0) is 14.9. The number of morpholine rings is 1. The molecule has 3 rings (SSSR count). The fourth-order valence-electron chi connectivity index (χ4n) is 3.37. The number of benzene rings is 1. The van der Waals surface area contributed by atoms with Gasteiger partial charge in [0.25, 0.3) is 0 Å². The van der Waals surface area contributed by atoms with Crippen LogP contribution >= 0.6 is 0 Å². The van der Waals surface area contributed by atoms with E-state index in [0.717, 1.165) is 5.56 Å². The number of alkyl halides is 2.